The molecule has 7 heteroatoms. The van der Waals surface area contributed by atoms with Crippen molar-refractivity contribution in [1.82, 2.24) is 14.7 Å². The van der Waals surface area contributed by atoms with Crippen molar-refractivity contribution in [1.29, 1.82) is 0 Å². The van der Waals surface area contributed by atoms with Crippen LogP contribution in [0, 0.1) is 6.92 Å². The molecule has 1 aromatic rings. The number of hydrogen-bond acceptors (Lipinski definition) is 5. The van der Waals surface area contributed by atoms with E-state index in [1.54, 1.807) is 31.7 Å². The first-order valence-electron chi connectivity index (χ1n) is 7.93. The molecule has 2 rings (SSSR count). The van der Waals surface area contributed by atoms with Gasteiger partial charge in [0.1, 0.15) is 11.6 Å². The van der Waals surface area contributed by atoms with Crippen LogP contribution < -0.4 is 0 Å². The zero-order chi connectivity index (χ0) is 18.1. The summed E-state index contributed by atoms with van der Waals surface area (Å²) in [5, 5.41) is 4.34. The van der Waals surface area contributed by atoms with Crippen LogP contribution >= 0.6 is 0 Å². The molecular weight excluding hydrogens is 310 g/mol. The van der Waals surface area contributed by atoms with Crippen LogP contribution in [0.25, 0.3) is 5.57 Å². The lowest BCUT2D eigenvalue weighted by atomic mass is 9.95. The van der Waals surface area contributed by atoms with Crippen molar-refractivity contribution in [2.75, 3.05) is 7.11 Å². The summed E-state index contributed by atoms with van der Waals surface area (Å²) in [6.45, 7) is 7.29. The lowest BCUT2D eigenvalue weighted by molar-refractivity contribution is -0.146. The first kappa shape index (κ1) is 18.0. The van der Waals surface area contributed by atoms with E-state index in [1.165, 1.54) is 12.0 Å². The van der Waals surface area contributed by atoms with E-state index in [2.05, 4.69) is 5.10 Å². The molecule has 0 aromatic carbocycles. The maximum absolute atomic E-state index is 12.5. The third-order valence-electron chi connectivity index (χ3n) is 3.75. The van der Waals surface area contributed by atoms with E-state index in [9.17, 15) is 9.59 Å². The number of aromatic nitrogens is 2. The predicted octanol–water partition coefficient (Wildman–Crippen LogP) is 2.64. The Morgan fingerprint density at radius 3 is 2.50 bits per heavy atom. The molecule has 24 heavy (non-hydrogen) atoms. The SMILES string of the molecule is COC(=O)[C@H]1CCC(c2cn(C)nc2C)=CN1C(=O)OC(C)(C)C. The number of ether oxygens (including phenoxy) is 2. The molecule has 0 unspecified atom stereocenters. The van der Waals surface area contributed by atoms with Gasteiger partial charge in [0.15, 0.2) is 0 Å². The molecule has 0 bridgehead atoms. The molecule has 1 amide bonds. The fourth-order valence-corrected chi connectivity index (χ4v) is 2.73. The Kier molecular flexibility index (Phi) is 5.01. The smallest absolute Gasteiger partial charge is 0.415 e. The zero-order valence-corrected chi connectivity index (χ0v) is 15.1. The highest BCUT2D eigenvalue weighted by Gasteiger charge is 2.36. The fourth-order valence-electron chi connectivity index (χ4n) is 2.73. The number of aryl methyl sites for hydroxylation is 2. The van der Waals surface area contributed by atoms with Crippen molar-refractivity contribution in [3.63, 3.8) is 0 Å². The maximum atomic E-state index is 12.5. The topological polar surface area (TPSA) is 73.7 Å². The van der Waals surface area contributed by atoms with Gasteiger partial charge in [0.25, 0.3) is 0 Å². The monoisotopic (exact) mass is 335 g/mol. The number of rotatable bonds is 2. The van der Waals surface area contributed by atoms with E-state index in [-0.39, 0.29) is 0 Å². The molecule has 0 N–H and O–H groups in total. The predicted molar refractivity (Wildman–Crippen MR) is 89.0 cm³/mol. The molecule has 1 atom stereocenters. The van der Waals surface area contributed by atoms with Crippen LogP contribution in [-0.4, -0.2) is 45.5 Å². The number of hydrogen-bond donors (Lipinski definition) is 0. The van der Waals surface area contributed by atoms with Crippen molar-refractivity contribution in [2.24, 2.45) is 7.05 Å². The van der Waals surface area contributed by atoms with Gasteiger partial charge in [-0.05, 0) is 46.1 Å². The van der Waals surface area contributed by atoms with Crippen LogP contribution in [0.2, 0.25) is 0 Å². The molecular formula is C17H25N3O4. The zero-order valence-electron chi connectivity index (χ0n) is 15.1. The molecule has 2 heterocycles. The number of nitrogens with zero attached hydrogens (tertiary/aromatic N) is 3. The van der Waals surface area contributed by atoms with Crippen LogP contribution in [-0.2, 0) is 21.3 Å². The largest absolute Gasteiger partial charge is 0.467 e. The van der Waals surface area contributed by atoms with Gasteiger partial charge in [-0.25, -0.2) is 9.59 Å². The van der Waals surface area contributed by atoms with Gasteiger partial charge in [-0.15, -0.1) is 0 Å². The van der Waals surface area contributed by atoms with E-state index in [1.807, 2.05) is 20.2 Å². The molecule has 1 aromatic heterocycles. The van der Waals surface area contributed by atoms with Crippen molar-refractivity contribution in [3.05, 3.63) is 23.7 Å². The quantitative estimate of drug-likeness (QED) is 0.777. The first-order chi connectivity index (χ1) is 11.1. The third kappa shape index (κ3) is 3.96. The van der Waals surface area contributed by atoms with Gasteiger partial charge in [-0.1, -0.05) is 0 Å². The number of esters is 1. The van der Waals surface area contributed by atoms with E-state index in [4.69, 9.17) is 9.47 Å². The van der Waals surface area contributed by atoms with Gasteiger partial charge in [0.2, 0.25) is 0 Å². The number of carbonyl (C=O) groups excluding carboxylic acids is 2. The molecule has 7 nitrogen and oxygen atoms in total. The molecule has 0 saturated carbocycles. The molecule has 1 aliphatic rings. The minimum atomic E-state index is -0.675. The van der Waals surface area contributed by atoms with Crippen LogP contribution in [0.4, 0.5) is 4.79 Å². The molecule has 0 spiro atoms. The Hall–Kier alpha value is -2.31. The van der Waals surface area contributed by atoms with E-state index < -0.39 is 23.7 Å². The third-order valence-corrected chi connectivity index (χ3v) is 3.75. The summed E-state index contributed by atoms with van der Waals surface area (Å²) in [4.78, 5) is 25.9. The summed E-state index contributed by atoms with van der Waals surface area (Å²) < 4.78 is 12.0. The normalized spacial score (nSPS) is 18.2. The highest BCUT2D eigenvalue weighted by atomic mass is 16.6. The standard InChI is InChI=1S/C17H25N3O4/c1-11-13(10-19(5)18-11)12-7-8-14(15(21)23-6)20(9-12)16(22)24-17(2,3)4/h9-10,14H,7-8H2,1-6H3/t14-/m1/s1. The Labute approximate surface area is 142 Å². The molecule has 1 aliphatic heterocycles. The number of allylic oxidation sites excluding steroid dienone is 1. The average molecular weight is 335 g/mol. The van der Waals surface area contributed by atoms with Crippen molar-refractivity contribution >= 4 is 17.6 Å². The number of carbonyl (C=O) groups is 2. The second-order valence-electron chi connectivity index (χ2n) is 6.92. The Balaban J connectivity index is 2.37. The molecule has 0 fully saturated rings. The molecule has 0 saturated heterocycles. The van der Waals surface area contributed by atoms with Gasteiger partial charge < -0.3 is 9.47 Å². The van der Waals surface area contributed by atoms with E-state index in [0.29, 0.717) is 12.8 Å². The Bertz CT molecular complexity index is 670. The second kappa shape index (κ2) is 6.67. The van der Waals surface area contributed by atoms with Gasteiger partial charge in [0.05, 0.1) is 12.8 Å². The fraction of sp³-hybridized carbons (Fsp3) is 0.588. The number of amides is 1. The van der Waals surface area contributed by atoms with Crippen LogP contribution in [0.3, 0.4) is 0 Å². The molecule has 132 valence electrons. The van der Waals surface area contributed by atoms with Gasteiger partial charge in [0, 0.05) is 25.0 Å². The van der Waals surface area contributed by atoms with Gasteiger partial charge in [-0.3, -0.25) is 9.58 Å². The molecule has 0 aliphatic carbocycles. The van der Waals surface area contributed by atoms with Crippen molar-refractivity contribution < 1.29 is 19.1 Å². The van der Waals surface area contributed by atoms with Crippen molar-refractivity contribution in [3.8, 4) is 0 Å². The van der Waals surface area contributed by atoms with Crippen LogP contribution in [0.15, 0.2) is 12.4 Å². The summed E-state index contributed by atoms with van der Waals surface area (Å²) in [5.74, 6) is -0.445. The summed E-state index contributed by atoms with van der Waals surface area (Å²) in [6.07, 6.45) is 4.17. The van der Waals surface area contributed by atoms with E-state index in [0.717, 1.165) is 16.8 Å². The van der Waals surface area contributed by atoms with Gasteiger partial charge in [-0.2, -0.15) is 5.10 Å². The minimum absolute atomic E-state index is 0.445. The van der Waals surface area contributed by atoms with Crippen molar-refractivity contribution in [2.45, 2.75) is 52.2 Å². The maximum Gasteiger partial charge on any atom is 0.415 e. The lowest BCUT2D eigenvalue weighted by Crippen LogP contribution is -2.46. The Morgan fingerprint density at radius 2 is 2.00 bits per heavy atom. The lowest BCUT2D eigenvalue weighted by Gasteiger charge is -2.33. The molecule has 0 radical (unpaired) electrons. The summed E-state index contributed by atoms with van der Waals surface area (Å²) in [6, 6.07) is -0.675. The van der Waals surface area contributed by atoms with E-state index >= 15 is 0 Å². The highest BCUT2D eigenvalue weighted by Crippen LogP contribution is 2.31. The summed E-state index contributed by atoms with van der Waals surface area (Å²) >= 11 is 0. The first-order valence-corrected chi connectivity index (χ1v) is 7.93. The minimum Gasteiger partial charge on any atom is -0.467 e. The van der Waals surface area contributed by atoms with Crippen LogP contribution in [0.1, 0.15) is 44.9 Å². The van der Waals surface area contributed by atoms with Gasteiger partial charge >= 0.3 is 12.1 Å². The average Bonchev–Trinajstić information content (AvgIpc) is 2.82. The summed E-state index contributed by atoms with van der Waals surface area (Å²) in [7, 11) is 3.17. The highest BCUT2D eigenvalue weighted by molar-refractivity contribution is 5.85. The number of methoxy groups -OCH3 is 1. The van der Waals surface area contributed by atoms with Crippen LogP contribution in [0.5, 0.6) is 0 Å². The Morgan fingerprint density at radius 1 is 1.33 bits per heavy atom. The summed E-state index contributed by atoms with van der Waals surface area (Å²) in [5.41, 5.74) is 2.15. The second-order valence-corrected chi connectivity index (χ2v) is 6.92.